The Morgan fingerprint density at radius 1 is 1.61 bits per heavy atom. The number of carbonyl (C=O) groups is 1. The van der Waals surface area contributed by atoms with Gasteiger partial charge in [0.15, 0.2) is 0 Å². The summed E-state index contributed by atoms with van der Waals surface area (Å²) >= 11 is 8.20. The highest BCUT2D eigenvalue weighted by Gasteiger charge is 2.24. The summed E-state index contributed by atoms with van der Waals surface area (Å²) < 4.78 is 6.52. The van der Waals surface area contributed by atoms with Gasteiger partial charge < -0.3 is 9.64 Å². The van der Waals surface area contributed by atoms with Gasteiger partial charge in [0.2, 0.25) is 0 Å². The molecular weight excluding hydrogens is 365 g/mol. The molecule has 1 saturated heterocycles. The number of halogens is 2. The smallest absolute Gasteiger partial charge is 0.254 e. The zero-order valence-electron chi connectivity index (χ0n) is 10.2. The summed E-state index contributed by atoms with van der Waals surface area (Å²) in [7, 11) is 0. The fourth-order valence-corrected chi connectivity index (χ4v) is 2.48. The molecule has 0 radical (unpaired) electrons. The molecule has 1 aliphatic rings. The summed E-state index contributed by atoms with van der Waals surface area (Å²) in [5.74, 6) is 0.0371. The van der Waals surface area contributed by atoms with E-state index in [1.165, 1.54) is 0 Å². The van der Waals surface area contributed by atoms with Crippen LogP contribution >= 0.6 is 34.2 Å². The summed E-state index contributed by atoms with van der Waals surface area (Å²) in [5.41, 5.74) is 0.650. The minimum atomic E-state index is 0.0371. The van der Waals surface area contributed by atoms with E-state index in [9.17, 15) is 4.79 Å². The minimum Gasteiger partial charge on any atom is -0.375 e. The molecule has 0 spiro atoms. The van der Waals surface area contributed by atoms with Crippen molar-refractivity contribution in [2.24, 2.45) is 0 Å². The van der Waals surface area contributed by atoms with E-state index in [1.54, 1.807) is 6.07 Å². The lowest BCUT2D eigenvalue weighted by atomic mass is 10.1. The molecule has 1 aromatic rings. The van der Waals surface area contributed by atoms with Crippen LogP contribution in [-0.2, 0) is 4.74 Å². The third-order valence-corrected chi connectivity index (χ3v) is 4.62. The van der Waals surface area contributed by atoms with Crippen LogP contribution in [0, 0.1) is 3.57 Å². The average Bonchev–Trinajstić information content (AvgIpc) is 2.41. The highest BCUT2D eigenvalue weighted by molar-refractivity contribution is 14.1. The minimum absolute atomic E-state index is 0.0371. The van der Waals surface area contributed by atoms with Crippen molar-refractivity contribution >= 4 is 40.1 Å². The second-order valence-corrected chi connectivity index (χ2v) is 5.85. The first kappa shape index (κ1) is 14.1. The van der Waals surface area contributed by atoms with Gasteiger partial charge in [0, 0.05) is 22.2 Å². The largest absolute Gasteiger partial charge is 0.375 e. The highest BCUT2D eigenvalue weighted by atomic mass is 127. The van der Waals surface area contributed by atoms with Gasteiger partial charge in [0.25, 0.3) is 5.91 Å². The highest BCUT2D eigenvalue weighted by Crippen LogP contribution is 2.21. The number of ether oxygens (including phenoxy) is 1. The molecule has 1 atom stereocenters. The number of carbonyl (C=O) groups excluding carboxylic acids is 1. The van der Waals surface area contributed by atoms with Crippen molar-refractivity contribution in [3.63, 3.8) is 0 Å². The summed E-state index contributed by atoms with van der Waals surface area (Å²) in [4.78, 5) is 14.2. The van der Waals surface area contributed by atoms with Crippen molar-refractivity contribution in [1.82, 2.24) is 4.90 Å². The molecule has 0 N–H and O–H groups in total. The van der Waals surface area contributed by atoms with Gasteiger partial charge in [-0.25, -0.2) is 0 Å². The maximum Gasteiger partial charge on any atom is 0.254 e. The van der Waals surface area contributed by atoms with Gasteiger partial charge >= 0.3 is 0 Å². The van der Waals surface area contributed by atoms with Gasteiger partial charge in [-0.2, -0.15) is 0 Å². The Morgan fingerprint density at radius 3 is 3.06 bits per heavy atom. The molecule has 18 heavy (non-hydrogen) atoms. The molecule has 0 saturated carbocycles. The number of amides is 1. The van der Waals surface area contributed by atoms with Crippen LogP contribution < -0.4 is 0 Å². The number of morpholine rings is 1. The fraction of sp³-hybridized carbons (Fsp3) is 0.462. The van der Waals surface area contributed by atoms with Gasteiger partial charge in [-0.3, -0.25) is 4.79 Å². The molecule has 1 aromatic carbocycles. The lowest BCUT2D eigenvalue weighted by Gasteiger charge is -2.32. The summed E-state index contributed by atoms with van der Waals surface area (Å²) in [5, 5.41) is 0.627. The Hall–Kier alpha value is -0.330. The molecule has 3 nitrogen and oxygen atoms in total. The van der Waals surface area contributed by atoms with E-state index in [4.69, 9.17) is 16.3 Å². The lowest BCUT2D eigenvalue weighted by Crippen LogP contribution is -2.45. The molecule has 2 rings (SSSR count). The molecule has 98 valence electrons. The Labute approximate surface area is 126 Å². The van der Waals surface area contributed by atoms with Crippen LogP contribution in [0.3, 0.4) is 0 Å². The molecule has 1 aliphatic heterocycles. The number of hydrogen-bond donors (Lipinski definition) is 0. The van der Waals surface area contributed by atoms with E-state index in [-0.39, 0.29) is 12.0 Å². The SMILES string of the molecule is CCC1CN(C(=O)c2ccc(I)c(Cl)c2)CCO1. The summed E-state index contributed by atoms with van der Waals surface area (Å²) in [6.45, 7) is 4.00. The predicted molar refractivity (Wildman–Crippen MR) is 80.1 cm³/mol. The van der Waals surface area contributed by atoms with E-state index in [0.29, 0.717) is 30.3 Å². The first-order chi connectivity index (χ1) is 8.61. The summed E-state index contributed by atoms with van der Waals surface area (Å²) in [6.07, 6.45) is 1.08. The second-order valence-electron chi connectivity index (χ2n) is 4.28. The number of rotatable bonds is 2. The van der Waals surface area contributed by atoms with E-state index in [0.717, 1.165) is 9.99 Å². The van der Waals surface area contributed by atoms with Gasteiger partial charge in [0.05, 0.1) is 17.7 Å². The molecule has 0 bridgehead atoms. The molecule has 0 aliphatic carbocycles. The third-order valence-electron chi connectivity index (χ3n) is 3.05. The van der Waals surface area contributed by atoms with E-state index < -0.39 is 0 Å². The van der Waals surface area contributed by atoms with Crippen molar-refractivity contribution in [3.05, 3.63) is 32.4 Å². The Balaban J connectivity index is 2.12. The number of nitrogens with zero attached hydrogens (tertiary/aromatic N) is 1. The standard InChI is InChI=1S/C13H15ClINO2/c1-2-10-8-16(5-6-18-10)13(17)9-3-4-12(15)11(14)7-9/h3-4,7,10H,2,5-6,8H2,1H3. The maximum atomic E-state index is 12.3. The van der Waals surface area contributed by atoms with Crippen LogP contribution in [0.1, 0.15) is 23.7 Å². The lowest BCUT2D eigenvalue weighted by molar-refractivity contribution is -0.0226. The Bertz CT molecular complexity index is 453. The number of hydrogen-bond acceptors (Lipinski definition) is 2. The van der Waals surface area contributed by atoms with Crippen molar-refractivity contribution in [1.29, 1.82) is 0 Å². The van der Waals surface area contributed by atoms with Crippen LogP contribution in [-0.4, -0.2) is 36.6 Å². The first-order valence-corrected chi connectivity index (χ1v) is 7.43. The molecule has 1 unspecified atom stereocenters. The Kier molecular flexibility index (Phi) is 4.86. The van der Waals surface area contributed by atoms with E-state index in [1.807, 2.05) is 17.0 Å². The van der Waals surface area contributed by atoms with Crippen LogP contribution in [0.2, 0.25) is 5.02 Å². The zero-order chi connectivity index (χ0) is 13.1. The van der Waals surface area contributed by atoms with Gasteiger partial charge in [-0.1, -0.05) is 18.5 Å². The van der Waals surface area contributed by atoms with Crippen molar-refractivity contribution in [2.75, 3.05) is 19.7 Å². The van der Waals surface area contributed by atoms with Gasteiger partial charge in [-0.15, -0.1) is 0 Å². The van der Waals surface area contributed by atoms with E-state index >= 15 is 0 Å². The van der Waals surface area contributed by atoms with Crippen LogP contribution in [0.4, 0.5) is 0 Å². The molecule has 5 heteroatoms. The fourth-order valence-electron chi connectivity index (χ4n) is 1.96. The van der Waals surface area contributed by atoms with Crippen LogP contribution in [0.25, 0.3) is 0 Å². The molecule has 1 amide bonds. The predicted octanol–water partition coefficient (Wildman–Crippen LogP) is 3.20. The summed E-state index contributed by atoms with van der Waals surface area (Å²) in [6, 6.07) is 5.43. The maximum absolute atomic E-state index is 12.3. The Morgan fingerprint density at radius 2 is 2.39 bits per heavy atom. The van der Waals surface area contributed by atoms with Crippen LogP contribution in [0.5, 0.6) is 0 Å². The number of benzene rings is 1. The second kappa shape index (κ2) is 6.21. The van der Waals surface area contributed by atoms with Crippen molar-refractivity contribution in [3.8, 4) is 0 Å². The topological polar surface area (TPSA) is 29.5 Å². The van der Waals surface area contributed by atoms with Crippen molar-refractivity contribution in [2.45, 2.75) is 19.4 Å². The average molecular weight is 380 g/mol. The quantitative estimate of drug-likeness (QED) is 0.739. The first-order valence-electron chi connectivity index (χ1n) is 5.97. The van der Waals surface area contributed by atoms with Crippen molar-refractivity contribution < 1.29 is 9.53 Å². The molecular formula is C13H15ClINO2. The van der Waals surface area contributed by atoms with Crippen LogP contribution in [0.15, 0.2) is 18.2 Å². The third kappa shape index (κ3) is 3.16. The van der Waals surface area contributed by atoms with Gasteiger partial charge in [-0.05, 0) is 47.2 Å². The molecule has 1 fully saturated rings. The molecule has 1 heterocycles. The zero-order valence-corrected chi connectivity index (χ0v) is 13.1. The monoisotopic (exact) mass is 379 g/mol. The molecule has 0 aromatic heterocycles. The normalized spacial score (nSPS) is 19.9. The van der Waals surface area contributed by atoms with Gasteiger partial charge in [0.1, 0.15) is 0 Å². The van der Waals surface area contributed by atoms with E-state index in [2.05, 4.69) is 29.5 Å².